The summed E-state index contributed by atoms with van der Waals surface area (Å²) < 4.78 is 7.67. The molecule has 0 aliphatic carbocycles. The molecule has 2 aromatic rings. The fourth-order valence-electron chi connectivity index (χ4n) is 2.25. The number of hydrogen-bond donors (Lipinski definition) is 0. The molecular formula is C15H15NO2S. The molecule has 2 aromatic carbocycles. The molecular weight excluding hydrogens is 258 g/mol. The standard InChI is InChI=1S/C15H15NO2S/c17-11-12-5-6-15(14-4-2-1-3-13(12)14)19-16-7-9-18-10-8-16/h1-6,11H,7-10H2. The predicted molar refractivity (Wildman–Crippen MR) is 77.6 cm³/mol. The van der Waals surface area contributed by atoms with Crippen molar-refractivity contribution in [3.05, 3.63) is 42.0 Å². The molecule has 0 radical (unpaired) electrons. The lowest BCUT2D eigenvalue weighted by Gasteiger charge is -2.25. The smallest absolute Gasteiger partial charge is 0.150 e. The first-order valence-corrected chi connectivity index (χ1v) is 7.13. The topological polar surface area (TPSA) is 29.5 Å². The molecule has 0 spiro atoms. The maximum Gasteiger partial charge on any atom is 0.150 e. The minimum absolute atomic E-state index is 0.752. The van der Waals surface area contributed by atoms with Gasteiger partial charge in [0.1, 0.15) is 0 Å². The van der Waals surface area contributed by atoms with Gasteiger partial charge in [-0.1, -0.05) is 24.3 Å². The van der Waals surface area contributed by atoms with Gasteiger partial charge < -0.3 is 4.74 Å². The van der Waals surface area contributed by atoms with Gasteiger partial charge in [0.15, 0.2) is 6.29 Å². The van der Waals surface area contributed by atoms with Gasteiger partial charge in [-0.2, -0.15) is 0 Å². The van der Waals surface area contributed by atoms with Crippen LogP contribution in [-0.4, -0.2) is 36.9 Å². The average Bonchev–Trinajstić information content (AvgIpc) is 2.49. The lowest BCUT2D eigenvalue weighted by Crippen LogP contribution is -2.30. The zero-order valence-corrected chi connectivity index (χ0v) is 11.4. The van der Waals surface area contributed by atoms with Crippen molar-refractivity contribution in [2.45, 2.75) is 4.90 Å². The third-order valence-corrected chi connectivity index (χ3v) is 4.42. The Morgan fingerprint density at radius 1 is 1.05 bits per heavy atom. The fraction of sp³-hybridized carbons (Fsp3) is 0.267. The molecule has 0 aromatic heterocycles. The largest absolute Gasteiger partial charge is 0.379 e. The molecule has 0 bridgehead atoms. The van der Waals surface area contributed by atoms with Crippen molar-refractivity contribution in [2.24, 2.45) is 0 Å². The Balaban J connectivity index is 1.97. The molecule has 1 fully saturated rings. The van der Waals surface area contributed by atoms with Crippen LogP contribution in [0.2, 0.25) is 0 Å². The number of carbonyl (C=O) groups excluding carboxylic acids is 1. The molecule has 0 unspecified atom stereocenters. The van der Waals surface area contributed by atoms with E-state index in [2.05, 4.69) is 10.4 Å². The zero-order chi connectivity index (χ0) is 13.1. The van der Waals surface area contributed by atoms with Crippen molar-refractivity contribution in [3.8, 4) is 0 Å². The summed E-state index contributed by atoms with van der Waals surface area (Å²) in [6.45, 7) is 3.46. The first-order valence-electron chi connectivity index (χ1n) is 6.36. The Bertz CT molecular complexity index is 594. The molecule has 0 atom stereocenters. The summed E-state index contributed by atoms with van der Waals surface area (Å²) in [6, 6.07) is 12.0. The summed E-state index contributed by atoms with van der Waals surface area (Å²) in [6.07, 6.45) is 0.922. The molecule has 4 heteroatoms. The van der Waals surface area contributed by atoms with Gasteiger partial charge in [-0.15, -0.1) is 0 Å². The normalized spacial score (nSPS) is 16.6. The second kappa shape index (κ2) is 5.74. The van der Waals surface area contributed by atoms with Gasteiger partial charge in [0.25, 0.3) is 0 Å². The van der Waals surface area contributed by atoms with Crippen LogP contribution in [0.5, 0.6) is 0 Å². The van der Waals surface area contributed by atoms with E-state index >= 15 is 0 Å². The summed E-state index contributed by atoms with van der Waals surface area (Å²) in [7, 11) is 0. The van der Waals surface area contributed by atoms with Gasteiger partial charge in [0.05, 0.1) is 13.2 Å². The van der Waals surface area contributed by atoms with Crippen LogP contribution in [0.4, 0.5) is 0 Å². The molecule has 1 heterocycles. The molecule has 1 saturated heterocycles. The van der Waals surface area contributed by atoms with Gasteiger partial charge in [-0.25, -0.2) is 4.31 Å². The van der Waals surface area contributed by atoms with Crippen LogP contribution in [0.3, 0.4) is 0 Å². The van der Waals surface area contributed by atoms with Crippen molar-refractivity contribution < 1.29 is 9.53 Å². The number of morpholine rings is 1. The van der Waals surface area contributed by atoms with Gasteiger partial charge in [-0.05, 0) is 34.9 Å². The lowest BCUT2D eigenvalue weighted by atomic mass is 10.1. The lowest BCUT2D eigenvalue weighted by molar-refractivity contribution is 0.0773. The van der Waals surface area contributed by atoms with E-state index in [1.54, 1.807) is 11.9 Å². The summed E-state index contributed by atoms with van der Waals surface area (Å²) >= 11 is 1.75. The van der Waals surface area contributed by atoms with Crippen molar-refractivity contribution in [1.82, 2.24) is 4.31 Å². The van der Waals surface area contributed by atoms with E-state index in [0.29, 0.717) is 0 Å². The molecule has 19 heavy (non-hydrogen) atoms. The quantitative estimate of drug-likeness (QED) is 0.635. The number of ether oxygens (including phenoxy) is 1. The Morgan fingerprint density at radius 3 is 2.53 bits per heavy atom. The number of aldehydes is 1. The van der Waals surface area contributed by atoms with Gasteiger partial charge in [-0.3, -0.25) is 4.79 Å². The van der Waals surface area contributed by atoms with Crippen LogP contribution >= 0.6 is 11.9 Å². The third-order valence-electron chi connectivity index (χ3n) is 3.24. The minimum Gasteiger partial charge on any atom is -0.379 e. The Labute approximate surface area is 116 Å². The van der Waals surface area contributed by atoms with Gasteiger partial charge >= 0.3 is 0 Å². The highest BCUT2D eigenvalue weighted by atomic mass is 32.2. The van der Waals surface area contributed by atoms with Crippen molar-refractivity contribution in [2.75, 3.05) is 26.3 Å². The van der Waals surface area contributed by atoms with E-state index < -0.39 is 0 Å². The van der Waals surface area contributed by atoms with Crippen molar-refractivity contribution in [1.29, 1.82) is 0 Å². The average molecular weight is 273 g/mol. The molecule has 3 nitrogen and oxygen atoms in total. The number of fused-ring (bicyclic) bond motifs is 1. The van der Waals surface area contributed by atoms with Crippen LogP contribution in [0.25, 0.3) is 10.8 Å². The molecule has 0 N–H and O–H groups in total. The molecule has 1 aliphatic rings. The highest BCUT2D eigenvalue weighted by molar-refractivity contribution is 7.97. The summed E-state index contributed by atoms with van der Waals surface area (Å²) in [5.74, 6) is 0. The molecule has 0 amide bonds. The van der Waals surface area contributed by atoms with Gasteiger partial charge in [0, 0.05) is 23.5 Å². The maximum absolute atomic E-state index is 11.1. The third kappa shape index (κ3) is 2.66. The monoisotopic (exact) mass is 273 g/mol. The van der Waals surface area contributed by atoms with E-state index in [0.717, 1.165) is 48.9 Å². The number of carbonyl (C=O) groups is 1. The zero-order valence-electron chi connectivity index (χ0n) is 10.5. The van der Waals surface area contributed by atoms with Crippen LogP contribution in [0, 0.1) is 0 Å². The minimum atomic E-state index is 0.752. The summed E-state index contributed by atoms with van der Waals surface area (Å²) in [5, 5.41) is 2.17. The Morgan fingerprint density at radius 2 is 1.79 bits per heavy atom. The second-order valence-corrected chi connectivity index (χ2v) is 5.59. The molecule has 3 rings (SSSR count). The highest BCUT2D eigenvalue weighted by Gasteiger charge is 2.14. The summed E-state index contributed by atoms with van der Waals surface area (Å²) in [5.41, 5.74) is 0.752. The number of nitrogens with zero attached hydrogens (tertiary/aromatic N) is 1. The first-order chi connectivity index (χ1) is 9.38. The number of benzene rings is 2. The molecule has 0 saturated carbocycles. The number of rotatable bonds is 3. The van der Waals surface area contributed by atoms with Crippen LogP contribution < -0.4 is 0 Å². The fourth-order valence-corrected chi connectivity index (χ4v) is 3.27. The van der Waals surface area contributed by atoms with Crippen molar-refractivity contribution >= 4 is 29.0 Å². The van der Waals surface area contributed by atoms with Crippen LogP contribution in [0.1, 0.15) is 10.4 Å². The van der Waals surface area contributed by atoms with E-state index in [1.165, 1.54) is 4.90 Å². The van der Waals surface area contributed by atoms with E-state index in [4.69, 9.17) is 4.74 Å². The molecule has 98 valence electrons. The van der Waals surface area contributed by atoms with E-state index in [-0.39, 0.29) is 0 Å². The second-order valence-electron chi connectivity index (χ2n) is 4.45. The van der Waals surface area contributed by atoms with E-state index in [9.17, 15) is 4.79 Å². The predicted octanol–water partition coefficient (Wildman–Crippen LogP) is 2.99. The van der Waals surface area contributed by atoms with Gasteiger partial charge in [0.2, 0.25) is 0 Å². The van der Waals surface area contributed by atoms with Crippen LogP contribution in [0.15, 0.2) is 41.3 Å². The Hall–Kier alpha value is -1.36. The van der Waals surface area contributed by atoms with E-state index in [1.807, 2.05) is 30.3 Å². The maximum atomic E-state index is 11.1. The first kappa shape index (κ1) is 12.7. The Kier molecular flexibility index (Phi) is 3.82. The van der Waals surface area contributed by atoms with Crippen LogP contribution in [-0.2, 0) is 4.74 Å². The SMILES string of the molecule is O=Cc1ccc(SN2CCOCC2)c2ccccc12. The van der Waals surface area contributed by atoms with Crippen molar-refractivity contribution in [3.63, 3.8) is 0 Å². The highest BCUT2D eigenvalue weighted by Crippen LogP contribution is 2.32. The number of hydrogen-bond acceptors (Lipinski definition) is 4. The molecule has 1 aliphatic heterocycles. The summed E-state index contributed by atoms with van der Waals surface area (Å²) in [4.78, 5) is 12.3.